The first-order valence-corrected chi connectivity index (χ1v) is 7.08. The molecule has 0 aromatic carbocycles. The van der Waals surface area contributed by atoms with Gasteiger partial charge in [0.2, 0.25) is 5.88 Å². The number of methoxy groups -OCH3 is 2. The van der Waals surface area contributed by atoms with Crippen molar-refractivity contribution < 1.29 is 19.1 Å². The molecule has 0 bridgehead atoms. The fourth-order valence-corrected chi connectivity index (χ4v) is 2.50. The van der Waals surface area contributed by atoms with Crippen molar-refractivity contribution in [3.63, 3.8) is 0 Å². The summed E-state index contributed by atoms with van der Waals surface area (Å²) < 4.78 is 9.69. The average molecular weight is 316 g/mol. The lowest BCUT2D eigenvalue weighted by molar-refractivity contribution is 0.0594. The Hall–Kier alpha value is -2.90. The minimum Gasteiger partial charge on any atom is -0.480 e. The number of hydrogen-bond donors (Lipinski definition) is 1. The van der Waals surface area contributed by atoms with Gasteiger partial charge >= 0.3 is 5.97 Å². The van der Waals surface area contributed by atoms with E-state index in [1.807, 2.05) is 0 Å². The van der Waals surface area contributed by atoms with Crippen LogP contribution in [0.3, 0.4) is 0 Å². The molecule has 2 aromatic rings. The fraction of sp³-hybridized carbons (Fsp3) is 0.333. The molecular formula is C15H16N4O4. The first-order valence-electron chi connectivity index (χ1n) is 7.08. The molecular weight excluding hydrogens is 300 g/mol. The number of fused-ring (bicyclic) bond motifs is 1. The number of aromatic amines is 1. The molecule has 1 aliphatic heterocycles. The largest absolute Gasteiger partial charge is 0.480 e. The van der Waals surface area contributed by atoms with Crippen LogP contribution in [0, 0.1) is 0 Å². The van der Waals surface area contributed by atoms with E-state index in [0.717, 1.165) is 11.3 Å². The summed E-state index contributed by atoms with van der Waals surface area (Å²) in [6.45, 7) is 0.964. The van der Waals surface area contributed by atoms with Crippen LogP contribution in [0.2, 0.25) is 0 Å². The maximum atomic E-state index is 12.6. The fourth-order valence-electron chi connectivity index (χ4n) is 2.50. The van der Waals surface area contributed by atoms with Gasteiger partial charge in [-0.25, -0.2) is 4.79 Å². The molecule has 8 heteroatoms. The number of ether oxygens (including phenoxy) is 2. The van der Waals surface area contributed by atoms with Gasteiger partial charge in [0.1, 0.15) is 11.4 Å². The minimum atomic E-state index is -0.506. The minimum absolute atomic E-state index is 0.179. The van der Waals surface area contributed by atoms with Crippen LogP contribution in [0.5, 0.6) is 5.88 Å². The van der Waals surface area contributed by atoms with E-state index in [9.17, 15) is 9.59 Å². The normalized spacial score (nSPS) is 13.4. The maximum absolute atomic E-state index is 12.6. The Morgan fingerprint density at radius 2 is 2.00 bits per heavy atom. The zero-order valence-electron chi connectivity index (χ0n) is 12.8. The molecule has 0 saturated heterocycles. The summed E-state index contributed by atoms with van der Waals surface area (Å²) in [7, 11) is 2.82. The van der Waals surface area contributed by atoms with Gasteiger partial charge in [0.15, 0.2) is 0 Å². The van der Waals surface area contributed by atoms with E-state index in [0.29, 0.717) is 31.1 Å². The number of nitrogens with zero attached hydrogens (tertiary/aromatic N) is 3. The Bertz CT molecular complexity index is 756. The molecule has 0 spiro atoms. The highest BCUT2D eigenvalue weighted by atomic mass is 16.5. The van der Waals surface area contributed by atoms with Crippen LogP contribution in [0.25, 0.3) is 0 Å². The van der Waals surface area contributed by atoms with Gasteiger partial charge in [-0.1, -0.05) is 0 Å². The molecule has 0 saturated carbocycles. The van der Waals surface area contributed by atoms with E-state index in [2.05, 4.69) is 19.9 Å². The van der Waals surface area contributed by atoms with Crippen LogP contribution < -0.4 is 4.74 Å². The number of nitrogens with one attached hydrogen (secondary N) is 1. The van der Waals surface area contributed by atoms with Gasteiger partial charge in [-0.3, -0.25) is 4.79 Å². The van der Waals surface area contributed by atoms with Crippen molar-refractivity contribution in [2.45, 2.75) is 13.0 Å². The van der Waals surface area contributed by atoms with Crippen molar-refractivity contribution in [1.29, 1.82) is 0 Å². The van der Waals surface area contributed by atoms with E-state index in [4.69, 9.17) is 4.74 Å². The lowest BCUT2D eigenvalue weighted by atomic mass is 10.1. The summed E-state index contributed by atoms with van der Waals surface area (Å²) in [4.78, 5) is 28.5. The number of H-pyrrole nitrogens is 1. The zero-order chi connectivity index (χ0) is 16.4. The summed E-state index contributed by atoms with van der Waals surface area (Å²) in [5.74, 6) is -0.263. The topological polar surface area (TPSA) is 97.4 Å². The maximum Gasteiger partial charge on any atom is 0.354 e. The average Bonchev–Trinajstić information content (AvgIpc) is 3.09. The van der Waals surface area contributed by atoms with Crippen molar-refractivity contribution in [2.24, 2.45) is 0 Å². The van der Waals surface area contributed by atoms with E-state index in [-0.39, 0.29) is 11.6 Å². The third-order valence-corrected chi connectivity index (χ3v) is 3.74. The number of rotatable bonds is 3. The molecule has 23 heavy (non-hydrogen) atoms. The Morgan fingerprint density at radius 1 is 1.22 bits per heavy atom. The van der Waals surface area contributed by atoms with Gasteiger partial charge in [-0.05, 0) is 12.1 Å². The molecule has 0 atom stereocenters. The standard InChI is InChI=1S/C15H16N4O4/c1-22-13-7-9-8-19(6-5-10(9)17-18-13)14(20)11-3-4-12(16-11)15(21)23-2/h3-4,7,16H,5-6,8H2,1-2H3. The molecule has 1 aliphatic rings. The van der Waals surface area contributed by atoms with Crippen LogP contribution in [0.4, 0.5) is 0 Å². The molecule has 8 nitrogen and oxygen atoms in total. The van der Waals surface area contributed by atoms with Crippen molar-refractivity contribution in [3.8, 4) is 5.88 Å². The van der Waals surface area contributed by atoms with Gasteiger partial charge in [-0.15, -0.1) is 5.10 Å². The zero-order valence-corrected chi connectivity index (χ0v) is 12.8. The summed E-state index contributed by atoms with van der Waals surface area (Å²) in [6.07, 6.45) is 0.628. The van der Waals surface area contributed by atoms with Gasteiger partial charge < -0.3 is 19.4 Å². The molecule has 0 unspecified atom stereocenters. The highest BCUT2D eigenvalue weighted by Gasteiger charge is 2.25. The second kappa shape index (κ2) is 6.07. The van der Waals surface area contributed by atoms with Crippen LogP contribution in [-0.2, 0) is 17.7 Å². The summed E-state index contributed by atoms with van der Waals surface area (Å²) in [5, 5.41) is 8.05. The lowest BCUT2D eigenvalue weighted by Crippen LogP contribution is -2.36. The summed E-state index contributed by atoms with van der Waals surface area (Å²) in [6, 6.07) is 4.90. The number of esters is 1. The molecule has 0 aliphatic carbocycles. The monoisotopic (exact) mass is 316 g/mol. The Labute approximate surface area is 132 Å². The van der Waals surface area contributed by atoms with Crippen LogP contribution in [-0.4, -0.2) is 52.7 Å². The molecule has 1 amide bonds. The first-order chi connectivity index (χ1) is 11.1. The SMILES string of the molecule is COC(=O)c1ccc(C(=O)N2CCc3nnc(OC)cc3C2)[nH]1. The van der Waals surface area contributed by atoms with Crippen molar-refractivity contribution >= 4 is 11.9 Å². The number of amides is 1. The summed E-state index contributed by atoms with van der Waals surface area (Å²) in [5.41, 5.74) is 2.39. The smallest absolute Gasteiger partial charge is 0.354 e. The molecule has 3 heterocycles. The number of carbonyl (C=O) groups excluding carboxylic acids is 2. The van der Waals surface area contributed by atoms with Crippen LogP contribution in [0.1, 0.15) is 32.2 Å². The highest BCUT2D eigenvalue weighted by molar-refractivity contribution is 5.95. The van der Waals surface area contributed by atoms with E-state index < -0.39 is 5.97 Å². The number of aromatic nitrogens is 3. The van der Waals surface area contributed by atoms with E-state index >= 15 is 0 Å². The number of hydrogen-bond acceptors (Lipinski definition) is 6. The first kappa shape index (κ1) is 15.0. The van der Waals surface area contributed by atoms with Crippen molar-refractivity contribution in [1.82, 2.24) is 20.1 Å². The van der Waals surface area contributed by atoms with Gasteiger partial charge in [-0.2, -0.15) is 5.10 Å². The van der Waals surface area contributed by atoms with Crippen LogP contribution >= 0.6 is 0 Å². The van der Waals surface area contributed by atoms with Gasteiger partial charge in [0, 0.05) is 31.1 Å². The number of carbonyl (C=O) groups is 2. The second-order valence-electron chi connectivity index (χ2n) is 5.11. The van der Waals surface area contributed by atoms with Gasteiger partial charge in [0.25, 0.3) is 5.91 Å². The summed E-state index contributed by atoms with van der Waals surface area (Å²) >= 11 is 0. The highest BCUT2D eigenvalue weighted by Crippen LogP contribution is 2.21. The Morgan fingerprint density at radius 3 is 2.74 bits per heavy atom. The molecule has 0 fully saturated rings. The molecule has 1 N–H and O–H groups in total. The van der Waals surface area contributed by atoms with Crippen molar-refractivity contribution in [3.05, 3.63) is 40.8 Å². The van der Waals surface area contributed by atoms with E-state index in [1.165, 1.54) is 20.3 Å². The van der Waals surface area contributed by atoms with E-state index in [1.54, 1.807) is 17.0 Å². The third-order valence-electron chi connectivity index (χ3n) is 3.74. The molecule has 120 valence electrons. The van der Waals surface area contributed by atoms with Crippen LogP contribution in [0.15, 0.2) is 18.2 Å². The Balaban J connectivity index is 1.78. The lowest BCUT2D eigenvalue weighted by Gasteiger charge is -2.27. The van der Waals surface area contributed by atoms with Gasteiger partial charge in [0.05, 0.1) is 19.9 Å². The molecule has 2 aromatic heterocycles. The Kier molecular flexibility index (Phi) is 3.96. The third kappa shape index (κ3) is 2.87. The molecule has 0 radical (unpaired) electrons. The predicted octanol–water partition coefficient (Wildman–Crippen LogP) is 0.798. The molecule has 3 rings (SSSR count). The quantitative estimate of drug-likeness (QED) is 0.841. The van der Waals surface area contributed by atoms with Crippen molar-refractivity contribution in [2.75, 3.05) is 20.8 Å². The second-order valence-corrected chi connectivity index (χ2v) is 5.11. The predicted molar refractivity (Wildman–Crippen MR) is 79.2 cm³/mol.